The van der Waals surface area contributed by atoms with E-state index in [1.165, 1.54) is 0 Å². The van der Waals surface area contributed by atoms with Crippen LogP contribution in [-0.2, 0) is 0 Å². The number of aromatic nitrogens is 2. The van der Waals surface area contributed by atoms with Gasteiger partial charge in [-0.1, -0.05) is 12.1 Å². The lowest BCUT2D eigenvalue weighted by Gasteiger charge is -2.12. The van der Waals surface area contributed by atoms with Gasteiger partial charge in [0.1, 0.15) is 5.75 Å². The number of hydrogen-bond donors (Lipinski definition) is 0. The van der Waals surface area contributed by atoms with Crippen molar-refractivity contribution in [2.75, 3.05) is 21.3 Å². The van der Waals surface area contributed by atoms with Gasteiger partial charge in [-0.3, -0.25) is 0 Å². The van der Waals surface area contributed by atoms with E-state index in [4.69, 9.17) is 14.2 Å². The largest absolute Gasteiger partial charge is 0.497 e. The molecule has 0 N–H and O–H groups in total. The Bertz CT molecular complexity index is 812. The average molecular weight is 310 g/mol. The SMILES string of the molecule is COc1cccc(-c2ccnn2-c2ccc(OC)c(OC)c2)c1. The van der Waals surface area contributed by atoms with E-state index in [1.54, 1.807) is 27.5 Å². The second-order valence-electron chi connectivity index (χ2n) is 4.90. The van der Waals surface area contributed by atoms with E-state index >= 15 is 0 Å². The number of hydrogen-bond acceptors (Lipinski definition) is 4. The molecule has 3 aromatic rings. The van der Waals surface area contributed by atoms with Crippen LogP contribution < -0.4 is 14.2 Å². The van der Waals surface area contributed by atoms with E-state index in [9.17, 15) is 0 Å². The highest BCUT2D eigenvalue weighted by molar-refractivity contribution is 5.64. The molecule has 0 unspecified atom stereocenters. The molecular weight excluding hydrogens is 292 g/mol. The molecule has 118 valence electrons. The second kappa shape index (κ2) is 6.44. The molecule has 2 aromatic carbocycles. The minimum atomic E-state index is 0.664. The van der Waals surface area contributed by atoms with Gasteiger partial charge in [0, 0.05) is 11.6 Å². The zero-order chi connectivity index (χ0) is 16.2. The summed E-state index contributed by atoms with van der Waals surface area (Å²) in [6.45, 7) is 0. The lowest BCUT2D eigenvalue weighted by atomic mass is 10.1. The van der Waals surface area contributed by atoms with Crippen molar-refractivity contribution >= 4 is 0 Å². The predicted octanol–water partition coefficient (Wildman–Crippen LogP) is 3.57. The minimum Gasteiger partial charge on any atom is -0.497 e. The van der Waals surface area contributed by atoms with E-state index < -0.39 is 0 Å². The Labute approximate surface area is 135 Å². The fourth-order valence-corrected chi connectivity index (χ4v) is 2.47. The molecule has 5 heteroatoms. The van der Waals surface area contributed by atoms with Crippen LogP contribution in [0.4, 0.5) is 0 Å². The van der Waals surface area contributed by atoms with Crippen LogP contribution in [0, 0.1) is 0 Å². The fourth-order valence-electron chi connectivity index (χ4n) is 2.47. The summed E-state index contributed by atoms with van der Waals surface area (Å²) in [5.74, 6) is 2.16. The highest BCUT2D eigenvalue weighted by Crippen LogP contribution is 2.31. The summed E-state index contributed by atoms with van der Waals surface area (Å²) in [6, 6.07) is 15.6. The predicted molar refractivity (Wildman–Crippen MR) is 88.7 cm³/mol. The Morgan fingerprint density at radius 1 is 0.826 bits per heavy atom. The van der Waals surface area contributed by atoms with Gasteiger partial charge in [-0.25, -0.2) is 4.68 Å². The first-order chi connectivity index (χ1) is 11.3. The van der Waals surface area contributed by atoms with Gasteiger partial charge in [-0.15, -0.1) is 0 Å². The van der Waals surface area contributed by atoms with Gasteiger partial charge in [0.25, 0.3) is 0 Å². The third-order valence-electron chi connectivity index (χ3n) is 3.62. The summed E-state index contributed by atoms with van der Waals surface area (Å²) in [5.41, 5.74) is 2.89. The first-order valence-electron chi connectivity index (χ1n) is 7.17. The topological polar surface area (TPSA) is 45.5 Å². The number of methoxy groups -OCH3 is 3. The van der Waals surface area contributed by atoms with Crippen molar-refractivity contribution in [2.24, 2.45) is 0 Å². The van der Waals surface area contributed by atoms with Gasteiger partial charge in [0.15, 0.2) is 11.5 Å². The maximum atomic E-state index is 5.37. The zero-order valence-corrected chi connectivity index (χ0v) is 13.3. The number of nitrogens with zero attached hydrogens (tertiary/aromatic N) is 2. The van der Waals surface area contributed by atoms with Crippen LogP contribution in [0.5, 0.6) is 17.2 Å². The third-order valence-corrected chi connectivity index (χ3v) is 3.62. The molecule has 23 heavy (non-hydrogen) atoms. The molecule has 0 aliphatic heterocycles. The molecule has 0 aliphatic carbocycles. The summed E-state index contributed by atoms with van der Waals surface area (Å²) >= 11 is 0. The van der Waals surface area contributed by atoms with Crippen molar-refractivity contribution in [3.63, 3.8) is 0 Å². The van der Waals surface area contributed by atoms with Crippen molar-refractivity contribution in [1.82, 2.24) is 9.78 Å². The third kappa shape index (κ3) is 2.85. The molecule has 0 bridgehead atoms. The standard InChI is InChI=1S/C18H18N2O3/c1-21-15-6-4-5-13(11-15)16-9-10-19-20(16)14-7-8-17(22-2)18(12-14)23-3/h4-12H,1-3H3. The van der Waals surface area contributed by atoms with Crippen molar-refractivity contribution in [1.29, 1.82) is 0 Å². The summed E-state index contributed by atoms with van der Waals surface area (Å²) in [7, 11) is 4.89. The maximum Gasteiger partial charge on any atom is 0.162 e. The van der Waals surface area contributed by atoms with Gasteiger partial charge < -0.3 is 14.2 Å². The molecule has 5 nitrogen and oxygen atoms in total. The normalized spacial score (nSPS) is 10.4. The molecule has 0 aliphatic rings. The Hall–Kier alpha value is -2.95. The fraction of sp³-hybridized carbons (Fsp3) is 0.167. The minimum absolute atomic E-state index is 0.664. The lowest BCUT2D eigenvalue weighted by Crippen LogP contribution is -2.00. The van der Waals surface area contributed by atoms with Crippen molar-refractivity contribution in [3.8, 4) is 34.2 Å². The van der Waals surface area contributed by atoms with Crippen molar-refractivity contribution < 1.29 is 14.2 Å². The van der Waals surface area contributed by atoms with Crippen LogP contribution in [0.3, 0.4) is 0 Å². The quantitative estimate of drug-likeness (QED) is 0.723. The Morgan fingerprint density at radius 2 is 1.65 bits per heavy atom. The molecule has 0 amide bonds. The molecule has 0 atom stereocenters. The molecule has 3 rings (SSSR count). The van der Waals surface area contributed by atoms with E-state index in [2.05, 4.69) is 5.10 Å². The Morgan fingerprint density at radius 3 is 2.39 bits per heavy atom. The smallest absolute Gasteiger partial charge is 0.162 e. The van der Waals surface area contributed by atoms with Crippen molar-refractivity contribution in [2.45, 2.75) is 0 Å². The molecular formula is C18H18N2O3. The van der Waals surface area contributed by atoms with Gasteiger partial charge in [0.2, 0.25) is 0 Å². The first kappa shape index (κ1) is 15.0. The molecule has 0 spiro atoms. The monoisotopic (exact) mass is 310 g/mol. The molecule has 0 saturated carbocycles. The van der Waals surface area contributed by atoms with Gasteiger partial charge >= 0.3 is 0 Å². The second-order valence-corrected chi connectivity index (χ2v) is 4.90. The summed E-state index contributed by atoms with van der Waals surface area (Å²) in [4.78, 5) is 0. The molecule has 0 radical (unpaired) electrons. The molecule has 0 fully saturated rings. The highest BCUT2D eigenvalue weighted by Gasteiger charge is 2.11. The van der Waals surface area contributed by atoms with Gasteiger partial charge in [-0.05, 0) is 30.3 Å². The maximum absolute atomic E-state index is 5.37. The number of ether oxygens (including phenoxy) is 3. The number of benzene rings is 2. The van der Waals surface area contributed by atoms with E-state index in [0.717, 1.165) is 22.7 Å². The van der Waals surface area contributed by atoms with Crippen LogP contribution in [0.25, 0.3) is 16.9 Å². The van der Waals surface area contributed by atoms with Crippen LogP contribution in [0.15, 0.2) is 54.7 Å². The molecule has 1 aromatic heterocycles. The van der Waals surface area contributed by atoms with Gasteiger partial charge in [-0.2, -0.15) is 5.10 Å². The Kier molecular flexibility index (Phi) is 4.19. The lowest BCUT2D eigenvalue weighted by molar-refractivity contribution is 0.355. The average Bonchev–Trinajstić information content (AvgIpc) is 3.10. The van der Waals surface area contributed by atoms with Crippen LogP contribution in [0.2, 0.25) is 0 Å². The molecule has 0 saturated heterocycles. The van der Waals surface area contributed by atoms with Gasteiger partial charge in [0.05, 0.1) is 38.9 Å². The zero-order valence-electron chi connectivity index (χ0n) is 13.3. The highest BCUT2D eigenvalue weighted by atomic mass is 16.5. The summed E-state index contributed by atoms with van der Waals surface area (Å²) < 4.78 is 17.8. The van der Waals surface area contributed by atoms with E-state index in [-0.39, 0.29) is 0 Å². The first-order valence-corrected chi connectivity index (χ1v) is 7.17. The number of rotatable bonds is 5. The van der Waals surface area contributed by atoms with Crippen molar-refractivity contribution in [3.05, 3.63) is 54.7 Å². The van der Waals surface area contributed by atoms with Crippen LogP contribution >= 0.6 is 0 Å². The Balaban J connectivity index is 2.07. The van der Waals surface area contributed by atoms with Crippen LogP contribution in [0.1, 0.15) is 0 Å². The van der Waals surface area contributed by atoms with Crippen LogP contribution in [-0.4, -0.2) is 31.1 Å². The summed E-state index contributed by atoms with van der Waals surface area (Å²) in [5, 5.41) is 4.43. The molecule has 1 heterocycles. The van der Waals surface area contributed by atoms with E-state index in [0.29, 0.717) is 11.5 Å². The van der Waals surface area contributed by atoms with E-state index in [1.807, 2.05) is 53.2 Å². The summed E-state index contributed by atoms with van der Waals surface area (Å²) in [6.07, 6.45) is 1.77.